The molecular weight excluding hydrogens is 274 g/mol. The van der Waals surface area contributed by atoms with Gasteiger partial charge in [0, 0.05) is 6.42 Å². The maximum atomic E-state index is 6.54. The van der Waals surface area contributed by atoms with Gasteiger partial charge in [0.05, 0.1) is 20.6 Å². The summed E-state index contributed by atoms with van der Waals surface area (Å²) in [5, 5.41) is 1.09. The Morgan fingerprint density at radius 1 is 1.11 bits per heavy atom. The molecule has 1 atom stereocenters. The number of aromatic nitrogens is 1. The molecule has 0 aliphatic rings. The van der Waals surface area contributed by atoms with Gasteiger partial charge in [0.15, 0.2) is 0 Å². The van der Waals surface area contributed by atoms with Gasteiger partial charge in [-0.3, -0.25) is 0 Å². The second-order valence-electron chi connectivity index (χ2n) is 4.60. The van der Waals surface area contributed by atoms with Crippen LogP contribution in [-0.4, -0.2) is 4.98 Å². The van der Waals surface area contributed by atoms with Gasteiger partial charge >= 0.3 is 0 Å². The van der Waals surface area contributed by atoms with Crippen LogP contribution in [-0.2, 0) is 6.42 Å². The second kappa shape index (κ2) is 5.32. The highest BCUT2D eigenvalue weighted by Crippen LogP contribution is 2.30. The highest BCUT2D eigenvalue weighted by Gasteiger charge is 2.13. The molecule has 0 amide bonds. The smallest absolute Gasteiger partial charge is 0.0956 e. The molecule has 0 radical (unpaired) electrons. The van der Waals surface area contributed by atoms with E-state index in [-0.39, 0.29) is 5.38 Å². The molecule has 0 N–H and O–H groups in total. The number of para-hydroxylation sites is 1. The summed E-state index contributed by atoms with van der Waals surface area (Å²) < 4.78 is 1.23. The molecule has 0 saturated carbocycles. The number of alkyl halides is 1. The third kappa shape index (κ3) is 2.65. The molecule has 0 aliphatic carbocycles. The van der Waals surface area contributed by atoms with E-state index in [2.05, 4.69) is 30.1 Å². The number of benzene rings is 2. The first-order valence-electron chi connectivity index (χ1n) is 6.28. The summed E-state index contributed by atoms with van der Waals surface area (Å²) in [5.74, 6) is 0. The van der Waals surface area contributed by atoms with Crippen LogP contribution in [0.3, 0.4) is 0 Å². The maximum Gasteiger partial charge on any atom is 0.0956 e. The molecule has 96 valence electrons. The zero-order valence-electron chi connectivity index (χ0n) is 10.6. The number of hydrogen-bond acceptors (Lipinski definition) is 2. The van der Waals surface area contributed by atoms with Crippen molar-refractivity contribution in [2.45, 2.75) is 18.7 Å². The topological polar surface area (TPSA) is 12.9 Å². The Morgan fingerprint density at radius 2 is 1.84 bits per heavy atom. The molecule has 3 heteroatoms. The summed E-state index contributed by atoms with van der Waals surface area (Å²) in [6, 6.07) is 16.5. The minimum Gasteiger partial charge on any atom is -0.241 e. The molecule has 1 aromatic heterocycles. The monoisotopic (exact) mass is 287 g/mol. The lowest BCUT2D eigenvalue weighted by atomic mass is 10.0. The SMILES string of the molecule is Cc1ccccc1C(Cl)Cc1nc2ccccc2s1. The summed E-state index contributed by atoms with van der Waals surface area (Å²) in [7, 11) is 0. The van der Waals surface area contributed by atoms with Gasteiger partial charge in [0.2, 0.25) is 0 Å². The highest BCUT2D eigenvalue weighted by atomic mass is 35.5. The molecule has 0 fully saturated rings. The Balaban J connectivity index is 1.86. The van der Waals surface area contributed by atoms with E-state index in [1.165, 1.54) is 15.8 Å². The number of nitrogens with zero attached hydrogens (tertiary/aromatic N) is 1. The van der Waals surface area contributed by atoms with E-state index in [1.54, 1.807) is 11.3 Å². The normalized spacial score (nSPS) is 12.7. The van der Waals surface area contributed by atoms with Crippen molar-refractivity contribution < 1.29 is 0 Å². The number of halogens is 1. The standard InChI is InChI=1S/C16H14ClNS/c1-11-6-2-3-7-12(11)13(17)10-16-18-14-8-4-5-9-15(14)19-16/h2-9,13H,10H2,1H3. The quantitative estimate of drug-likeness (QED) is 0.609. The van der Waals surface area contributed by atoms with Crippen molar-refractivity contribution in [2.24, 2.45) is 0 Å². The van der Waals surface area contributed by atoms with Gasteiger partial charge in [-0.15, -0.1) is 22.9 Å². The fourth-order valence-corrected chi connectivity index (χ4v) is 3.70. The number of fused-ring (bicyclic) bond motifs is 1. The predicted octanol–water partition coefficient (Wildman–Crippen LogP) is 5.13. The second-order valence-corrected chi connectivity index (χ2v) is 6.25. The summed E-state index contributed by atoms with van der Waals surface area (Å²) in [6.07, 6.45) is 0.783. The minimum atomic E-state index is -0.0123. The van der Waals surface area contributed by atoms with Crippen molar-refractivity contribution >= 4 is 33.2 Å². The van der Waals surface area contributed by atoms with Crippen LogP contribution < -0.4 is 0 Å². The van der Waals surface area contributed by atoms with E-state index in [1.807, 2.05) is 30.3 Å². The van der Waals surface area contributed by atoms with Crippen LogP contribution in [0.15, 0.2) is 48.5 Å². The molecular formula is C16H14ClNS. The van der Waals surface area contributed by atoms with Crippen molar-refractivity contribution in [3.8, 4) is 0 Å². The average Bonchev–Trinajstić information content (AvgIpc) is 2.81. The fourth-order valence-electron chi connectivity index (χ4n) is 2.21. The van der Waals surface area contributed by atoms with Crippen LogP contribution >= 0.6 is 22.9 Å². The molecule has 0 bridgehead atoms. The molecule has 3 aromatic rings. The first-order valence-corrected chi connectivity index (χ1v) is 7.53. The lowest BCUT2D eigenvalue weighted by Crippen LogP contribution is -1.97. The number of hydrogen-bond donors (Lipinski definition) is 0. The van der Waals surface area contributed by atoms with Crippen LogP contribution in [0.1, 0.15) is 21.5 Å². The lowest BCUT2D eigenvalue weighted by Gasteiger charge is -2.10. The van der Waals surface area contributed by atoms with Crippen molar-refractivity contribution in [2.75, 3.05) is 0 Å². The molecule has 19 heavy (non-hydrogen) atoms. The zero-order valence-corrected chi connectivity index (χ0v) is 12.2. The van der Waals surface area contributed by atoms with Crippen molar-refractivity contribution in [1.82, 2.24) is 4.98 Å². The first kappa shape index (κ1) is 12.6. The minimum absolute atomic E-state index is 0.0123. The van der Waals surface area contributed by atoms with Crippen LogP contribution in [0.25, 0.3) is 10.2 Å². The van der Waals surface area contributed by atoms with Gasteiger partial charge < -0.3 is 0 Å². The predicted molar refractivity (Wildman–Crippen MR) is 83.1 cm³/mol. The molecule has 1 heterocycles. The van der Waals surface area contributed by atoms with Gasteiger partial charge in [-0.25, -0.2) is 4.98 Å². The first-order chi connectivity index (χ1) is 9.24. The van der Waals surface area contributed by atoms with E-state index in [0.717, 1.165) is 16.9 Å². The number of thiazole rings is 1. The van der Waals surface area contributed by atoms with E-state index in [9.17, 15) is 0 Å². The van der Waals surface area contributed by atoms with Gasteiger partial charge in [0.1, 0.15) is 0 Å². The molecule has 1 unspecified atom stereocenters. The van der Waals surface area contributed by atoms with Crippen molar-refractivity contribution in [3.63, 3.8) is 0 Å². The third-order valence-corrected chi connectivity index (χ3v) is 4.67. The molecule has 0 aliphatic heterocycles. The van der Waals surface area contributed by atoms with Crippen LogP contribution in [0, 0.1) is 6.92 Å². The largest absolute Gasteiger partial charge is 0.241 e. The highest BCUT2D eigenvalue weighted by molar-refractivity contribution is 7.18. The lowest BCUT2D eigenvalue weighted by molar-refractivity contribution is 0.902. The van der Waals surface area contributed by atoms with Crippen LogP contribution in [0.2, 0.25) is 0 Å². The number of aryl methyl sites for hydroxylation is 1. The summed E-state index contributed by atoms with van der Waals surface area (Å²) in [4.78, 5) is 4.64. The Morgan fingerprint density at radius 3 is 2.63 bits per heavy atom. The molecule has 2 aromatic carbocycles. The Labute approximate surface area is 121 Å². The fraction of sp³-hybridized carbons (Fsp3) is 0.188. The zero-order chi connectivity index (χ0) is 13.2. The van der Waals surface area contributed by atoms with E-state index < -0.39 is 0 Å². The molecule has 3 rings (SSSR count). The van der Waals surface area contributed by atoms with Gasteiger partial charge in [-0.2, -0.15) is 0 Å². The third-order valence-electron chi connectivity index (χ3n) is 3.22. The van der Waals surface area contributed by atoms with E-state index >= 15 is 0 Å². The van der Waals surface area contributed by atoms with Crippen LogP contribution in [0.4, 0.5) is 0 Å². The number of rotatable bonds is 3. The van der Waals surface area contributed by atoms with Gasteiger partial charge in [-0.05, 0) is 30.2 Å². The maximum absolute atomic E-state index is 6.54. The Hall–Kier alpha value is -1.38. The average molecular weight is 288 g/mol. The Kier molecular flexibility index (Phi) is 3.54. The van der Waals surface area contributed by atoms with Crippen molar-refractivity contribution in [3.05, 3.63) is 64.7 Å². The Bertz CT molecular complexity index is 672. The van der Waals surface area contributed by atoms with Gasteiger partial charge in [-0.1, -0.05) is 36.4 Å². The molecule has 0 saturated heterocycles. The molecule has 0 spiro atoms. The van der Waals surface area contributed by atoms with Crippen molar-refractivity contribution in [1.29, 1.82) is 0 Å². The van der Waals surface area contributed by atoms with E-state index in [0.29, 0.717) is 0 Å². The summed E-state index contributed by atoms with van der Waals surface area (Å²) >= 11 is 8.27. The van der Waals surface area contributed by atoms with Gasteiger partial charge in [0.25, 0.3) is 0 Å². The van der Waals surface area contributed by atoms with E-state index in [4.69, 9.17) is 11.6 Å². The van der Waals surface area contributed by atoms with Crippen LogP contribution in [0.5, 0.6) is 0 Å². The summed E-state index contributed by atoms with van der Waals surface area (Å²) in [5.41, 5.74) is 3.50. The summed E-state index contributed by atoms with van der Waals surface area (Å²) in [6.45, 7) is 2.10. The molecule has 1 nitrogen and oxygen atoms in total.